The molecule has 1 aromatic rings. The van der Waals surface area contributed by atoms with Crippen LogP contribution in [0.4, 0.5) is 0 Å². The van der Waals surface area contributed by atoms with Crippen molar-refractivity contribution in [2.45, 2.75) is 18.6 Å². The Bertz CT molecular complexity index is 290. The smallest absolute Gasteiger partial charge is 0.0777 e. The predicted molar refractivity (Wildman–Crippen MR) is 51.7 cm³/mol. The van der Waals surface area contributed by atoms with E-state index in [1.807, 2.05) is 12.1 Å². The fourth-order valence-corrected chi connectivity index (χ4v) is 2.18. The molecule has 3 heteroatoms. The lowest BCUT2D eigenvalue weighted by molar-refractivity contribution is 0.153. The first-order valence-electron chi connectivity index (χ1n) is 4.05. The Kier molecular flexibility index (Phi) is 2.14. The molecule has 0 bridgehead atoms. The molecule has 3 atom stereocenters. The van der Waals surface area contributed by atoms with Gasteiger partial charge in [-0.3, -0.25) is 5.09 Å². The molecule has 12 heavy (non-hydrogen) atoms. The summed E-state index contributed by atoms with van der Waals surface area (Å²) in [5.41, 5.74) is 2.48. The molecule has 2 unspecified atom stereocenters. The molecular formula is C9H12NOP. The van der Waals surface area contributed by atoms with Gasteiger partial charge in [0.1, 0.15) is 0 Å². The highest BCUT2D eigenvalue weighted by atomic mass is 31.0. The lowest BCUT2D eigenvalue weighted by Gasteiger charge is -2.13. The van der Waals surface area contributed by atoms with Crippen molar-refractivity contribution in [3.8, 4) is 0 Å². The van der Waals surface area contributed by atoms with Gasteiger partial charge in [-0.2, -0.15) is 0 Å². The van der Waals surface area contributed by atoms with Gasteiger partial charge in [-0.05, 0) is 11.1 Å². The second-order valence-electron chi connectivity index (χ2n) is 3.11. The molecule has 0 radical (unpaired) electrons. The molecule has 1 aromatic carbocycles. The quantitative estimate of drug-likeness (QED) is 0.634. The maximum atomic E-state index is 9.63. The number of aliphatic hydroxyl groups is 1. The van der Waals surface area contributed by atoms with Gasteiger partial charge in [0.25, 0.3) is 0 Å². The van der Waals surface area contributed by atoms with E-state index in [1.165, 1.54) is 11.1 Å². The molecule has 0 amide bonds. The van der Waals surface area contributed by atoms with Crippen molar-refractivity contribution in [3.63, 3.8) is 0 Å². The van der Waals surface area contributed by atoms with E-state index in [0.29, 0.717) is 0 Å². The Balaban J connectivity index is 2.40. The van der Waals surface area contributed by atoms with Crippen LogP contribution >= 0.6 is 9.39 Å². The van der Waals surface area contributed by atoms with Gasteiger partial charge < -0.3 is 5.11 Å². The maximum absolute atomic E-state index is 9.63. The number of hydrogen-bond acceptors (Lipinski definition) is 2. The van der Waals surface area contributed by atoms with E-state index >= 15 is 0 Å². The van der Waals surface area contributed by atoms with E-state index < -0.39 is 0 Å². The maximum Gasteiger partial charge on any atom is 0.0777 e. The lowest BCUT2D eigenvalue weighted by atomic mass is 10.1. The molecule has 0 heterocycles. The van der Waals surface area contributed by atoms with E-state index in [1.54, 1.807) is 0 Å². The number of fused-ring (bicyclic) bond motifs is 1. The van der Waals surface area contributed by atoms with Gasteiger partial charge in [-0.15, -0.1) is 0 Å². The van der Waals surface area contributed by atoms with Crippen LogP contribution < -0.4 is 5.09 Å². The third-order valence-electron chi connectivity index (χ3n) is 2.38. The first-order valence-corrected chi connectivity index (χ1v) is 4.62. The Morgan fingerprint density at radius 3 is 2.92 bits per heavy atom. The van der Waals surface area contributed by atoms with Crippen LogP contribution in [-0.4, -0.2) is 11.2 Å². The SMILES string of the molecule is O[C@H]1Cc2ccccc2C1NP. The summed E-state index contributed by atoms with van der Waals surface area (Å²) in [6, 6.07) is 8.24. The molecule has 0 saturated carbocycles. The summed E-state index contributed by atoms with van der Waals surface area (Å²) < 4.78 is 0. The van der Waals surface area contributed by atoms with E-state index in [0.717, 1.165) is 6.42 Å². The second kappa shape index (κ2) is 3.14. The standard InChI is InChI=1S/C9H12NOP/c11-8-5-6-3-1-2-4-7(6)9(8)10-12/h1-4,8-11H,5,12H2/t8-,9?/m0/s1. The minimum atomic E-state index is -0.278. The first kappa shape index (κ1) is 8.18. The summed E-state index contributed by atoms with van der Waals surface area (Å²) in [5, 5.41) is 12.7. The summed E-state index contributed by atoms with van der Waals surface area (Å²) >= 11 is 0. The molecule has 2 rings (SSSR count). The predicted octanol–water partition coefficient (Wildman–Crippen LogP) is 1.02. The number of benzene rings is 1. The zero-order valence-electron chi connectivity index (χ0n) is 6.70. The minimum Gasteiger partial charge on any atom is -0.391 e. The summed E-state index contributed by atoms with van der Waals surface area (Å²) in [5.74, 6) is 0. The van der Waals surface area contributed by atoms with Crippen molar-refractivity contribution < 1.29 is 5.11 Å². The molecule has 0 aliphatic heterocycles. The number of hydrogen-bond donors (Lipinski definition) is 2. The molecule has 2 nitrogen and oxygen atoms in total. The molecule has 2 N–H and O–H groups in total. The van der Waals surface area contributed by atoms with Gasteiger partial charge in [0, 0.05) is 6.42 Å². The van der Waals surface area contributed by atoms with Gasteiger partial charge in [0.05, 0.1) is 12.1 Å². The molecule has 0 fully saturated rings. The van der Waals surface area contributed by atoms with Crippen molar-refractivity contribution >= 4 is 9.39 Å². The van der Waals surface area contributed by atoms with Crippen LogP contribution in [0.5, 0.6) is 0 Å². The molecule has 1 aliphatic carbocycles. The largest absolute Gasteiger partial charge is 0.391 e. The highest BCUT2D eigenvalue weighted by molar-refractivity contribution is 7.13. The van der Waals surface area contributed by atoms with E-state index in [9.17, 15) is 5.11 Å². The van der Waals surface area contributed by atoms with Crippen LogP contribution in [0.25, 0.3) is 0 Å². The number of aliphatic hydroxyl groups excluding tert-OH is 1. The zero-order valence-corrected chi connectivity index (χ0v) is 7.85. The number of nitrogens with one attached hydrogen (secondary N) is 1. The van der Waals surface area contributed by atoms with Crippen molar-refractivity contribution in [2.75, 3.05) is 0 Å². The Morgan fingerprint density at radius 1 is 1.42 bits per heavy atom. The van der Waals surface area contributed by atoms with Crippen LogP contribution in [0, 0.1) is 0 Å². The average molecular weight is 181 g/mol. The van der Waals surface area contributed by atoms with Crippen LogP contribution in [0.3, 0.4) is 0 Å². The van der Waals surface area contributed by atoms with Gasteiger partial charge >= 0.3 is 0 Å². The van der Waals surface area contributed by atoms with Crippen molar-refractivity contribution in [3.05, 3.63) is 35.4 Å². The lowest BCUT2D eigenvalue weighted by Crippen LogP contribution is -2.21. The fourth-order valence-electron chi connectivity index (χ4n) is 1.77. The molecular weight excluding hydrogens is 169 g/mol. The van der Waals surface area contributed by atoms with Gasteiger partial charge in [-0.25, -0.2) is 0 Å². The highest BCUT2D eigenvalue weighted by Gasteiger charge is 2.28. The van der Waals surface area contributed by atoms with Crippen molar-refractivity contribution in [1.82, 2.24) is 5.09 Å². The highest BCUT2D eigenvalue weighted by Crippen LogP contribution is 2.31. The first-order chi connectivity index (χ1) is 5.83. The van der Waals surface area contributed by atoms with E-state index in [-0.39, 0.29) is 12.1 Å². The average Bonchev–Trinajstić information content (AvgIpc) is 2.40. The normalized spacial score (nSPS) is 27.2. The van der Waals surface area contributed by atoms with Gasteiger partial charge in [-0.1, -0.05) is 33.7 Å². The Labute approximate surface area is 74.3 Å². The van der Waals surface area contributed by atoms with Gasteiger partial charge in [0.15, 0.2) is 0 Å². The monoisotopic (exact) mass is 181 g/mol. The fraction of sp³-hybridized carbons (Fsp3) is 0.333. The minimum absolute atomic E-state index is 0.0891. The summed E-state index contributed by atoms with van der Waals surface area (Å²) in [4.78, 5) is 0. The summed E-state index contributed by atoms with van der Waals surface area (Å²) in [7, 11) is 2.46. The van der Waals surface area contributed by atoms with E-state index in [4.69, 9.17) is 0 Å². The van der Waals surface area contributed by atoms with Crippen LogP contribution in [-0.2, 0) is 6.42 Å². The number of rotatable bonds is 1. The molecule has 64 valence electrons. The summed E-state index contributed by atoms with van der Waals surface area (Å²) in [6.45, 7) is 0. The molecule has 0 spiro atoms. The third kappa shape index (κ3) is 1.16. The van der Waals surface area contributed by atoms with Crippen LogP contribution in [0.15, 0.2) is 24.3 Å². The van der Waals surface area contributed by atoms with Crippen molar-refractivity contribution in [2.24, 2.45) is 0 Å². The molecule has 1 aliphatic rings. The van der Waals surface area contributed by atoms with Crippen LogP contribution in [0.2, 0.25) is 0 Å². The zero-order chi connectivity index (χ0) is 8.55. The van der Waals surface area contributed by atoms with Crippen molar-refractivity contribution in [1.29, 1.82) is 0 Å². The molecule has 0 aromatic heterocycles. The third-order valence-corrected chi connectivity index (χ3v) is 2.74. The van der Waals surface area contributed by atoms with E-state index in [2.05, 4.69) is 26.6 Å². The second-order valence-corrected chi connectivity index (χ2v) is 3.45. The van der Waals surface area contributed by atoms with Gasteiger partial charge in [0.2, 0.25) is 0 Å². The summed E-state index contributed by atoms with van der Waals surface area (Å²) in [6.07, 6.45) is 0.488. The Morgan fingerprint density at radius 2 is 2.17 bits per heavy atom. The van der Waals surface area contributed by atoms with Crippen LogP contribution in [0.1, 0.15) is 17.2 Å². The molecule has 0 saturated heterocycles. The Hall–Kier alpha value is -0.430. The topological polar surface area (TPSA) is 32.3 Å².